The third-order valence-electron chi connectivity index (χ3n) is 3.15. The Morgan fingerprint density at radius 1 is 1.12 bits per heavy atom. The van der Waals surface area contributed by atoms with Crippen LogP contribution >= 0.6 is 15.9 Å². The van der Waals surface area contributed by atoms with Gasteiger partial charge in [-0.2, -0.15) is 0 Å². The van der Waals surface area contributed by atoms with Gasteiger partial charge in [-0.15, -0.1) is 0 Å². The SMILES string of the molecule is COCCNCCNC(=O)c1ccc(COc2ccc(Br)cc2)o1. The average Bonchev–Trinajstić information content (AvgIpc) is 3.06. The van der Waals surface area contributed by atoms with E-state index in [2.05, 4.69) is 26.6 Å². The molecule has 1 heterocycles. The van der Waals surface area contributed by atoms with E-state index in [4.69, 9.17) is 13.9 Å². The standard InChI is InChI=1S/C17H21BrN2O4/c1-22-11-10-19-8-9-20-17(21)16-7-6-15(24-16)12-23-14-4-2-13(18)3-5-14/h2-7,19H,8-12H2,1H3,(H,20,21). The Bertz CT molecular complexity index is 628. The van der Waals surface area contributed by atoms with Gasteiger partial charge in [0.05, 0.1) is 6.61 Å². The minimum absolute atomic E-state index is 0.238. The van der Waals surface area contributed by atoms with Crippen molar-refractivity contribution in [2.45, 2.75) is 6.61 Å². The summed E-state index contributed by atoms with van der Waals surface area (Å²) in [6.45, 7) is 2.87. The summed E-state index contributed by atoms with van der Waals surface area (Å²) in [4.78, 5) is 12.0. The molecule has 0 unspecified atom stereocenters. The van der Waals surface area contributed by atoms with E-state index in [-0.39, 0.29) is 18.3 Å². The fourth-order valence-corrected chi connectivity index (χ4v) is 2.18. The molecular formula is C17H21BrN2O4. The number of hydrogen-bond acceptors (Lipinski definition) is 5. The van der Waals surface area contributed by atoms with Crippen molar-refractivity contribution < 1.29 is 18.7 Å². The van der Waals surface area contributed by atoms with Crippen molar-refractivity contribution >= 4 is 21.8 Å². The van der Waals surface area contributed by atoms with Gasteiger partial charge < -0.3 is 24.5 Å². The van der Waals surface area contributed by atoms with Crippen LogP contribution in [-0.4, -0.2) is 39.3 Å². The lowest BCUT2D eigenvalue weighted by molar-refractivity contribution is 0.0922. The third-order valence-corrected chi connectivity index (χ3v) is 3.68. The summed E-state index contributed by atoms with van der Waals surface area (Å²) in [7, 11) is 1.65. The molecule has 0 aliphatic heterocycles. The van der Waals surface area contributed by atoms with Crippen LogP contribution in [-0.2, 0) is 11.3 Å². The van der Waals surface area contributed by atoms with Crippen LogP contribution in [0.15, 0.2) is 45.3 Å². The van der Waals surface area contributed by atoms with Crippen molar-refractivity contribution in [3.8, 4) is 5.75 Å². The van der Waals surface area contributed by atoms with Crippen molar-refractivity contribution in [3.05, 3.63) is 52.4 Å². The van der Waals surface area contributed by atoms with E-state index >= 15 is 0 Å². The van der Waals surface area contributed by atoms with Gasteiger partial charge >= 0.3 is 0 Å². The molecule has 130 valence electrons. The second kappa shape index (κ2) is 10.1. The summed E-state index contributed by atoms with van der Waals surface area (Å²) in [6, 6.07) is 10.9. The molecule has 2 aromatic rings. The normalized spacial score (nSPS) is 10.6. The van der Waals surface area contributed by atoms with E-state index in [0.717, 1.165) is 16.8 Å². The minimum atomic E-state index is -0.238. The summed E-state index contributed by atoms with van der Waals surface area (Å²) >= 11 is 3.37. The molecule has 0 saturated heterocycles. The molecule has 7 heteroatoms. The lowest BCUT2D eigenvalue weighted by Gasteiger charge is -2.05. The van der Waals surface area contributed by atoms with E-state index in [1.165, 1.54) is 0 Å². The zero-order valence-electron chi connectivity index (χ0n) is 13.5. The summed E-state index contributed by atoms with van der Waals surface area (Å²) in [5, 5.41) is 5.93. The number of benzene rings is 1. The summed E-state index contributed by atoms with van der Waals surface area (Å²) in [6.07, 6.45) is 0. The van der Waals surface area contributed by atoms with Crippen LogP contribution in [0.3, 0.4) is 0 Å². The van der Waals surface area contributed by atoms with Gasteiger partial charge in [0.15, 0.2) is 5.76 Å². The van der Waals surface area contributed by atoms with Crippen LogP contribution in [0.25, 0.3) is 0 Å². The Kier molecular flexibility index (Phi) is 7.81. The average molecular weight is 397 g/mol. The van der Waals surface area contributed by atoms with Crippen molar-refractivity contribution in [1.29, 1.82) is 0 Å². The minimum Gasteiger partial charge on any atom is -0.486 e. The number of furan rings is 1. The van der Waals surface area contributed by atoms with Crippen molar-refractivity contribution in [1.82, 2.24) is 10.6 Å². The molecule has 2 N–H and O–H groups in total. The highest BCUT2D eigenvalue weighted by atomic mass is 79.9. The highest BCUT2D eigenvalue weighted by Gasteiger charge is 2.10. The molecule has 0 aliphatic carbocycles. The first-order valence-electron chi connectivity index (χ1n) is 7.64. The van der Waals surface area contributed by atoms with Gasteiger partial charge in [0.1, 0.15) is 18.1 Å². The lowest BCUT2D eigenvalue weighted by atomic mass is 10.3. The van der Waals surface area contributed by atoms with E-state index in [1.54, 1.807) is 19.2 Å². The first-order valence-corrected chi connectivity index (χ1v) is 8.43. The molecule has 0 saturated carbocycles. The first kappa shape index (κ1) is 18.5. The van der Waals surface area contributed by atoms with Gasteiger partial charge in [0, 0.05) is 31.2 Å². The maximum absolute atomic E-state index is 12.0. The van der Waals surface area contributed by atoms with Crippen LogP contribution in [0.5, 0.6) is 5.75 Å². The van der Waals surface area contributed by atoms with Crippen LogP contribution in [0.2, 0.25) is 0 Å². The fourth-order valence-electron chi connectivity index (χ4n) is 1.91. The van der Waals surface area contributed by atoms with E-state index in [1.807, 2.05) is 24.3 Å². The Hall–Kier alpha value is -1.83. The van der Waals surface area contributed by atoms with Crippen LogP contribution in [0.4, 0.5) is 0 Å². The molecular weight excluding hydrogens is 376 g/mol. The monoisotopic (exact) mass is 396 g/mol. The van der Waals surface area contributed by atoms with Gasteiger partial charge in [-0.05, 0) is 36.4 Å². The number of amides is 1. The topological polar surface area (TPSA) is 72.7 Å². The second-order valence-corrected chi connectivity index (χ2v) is 5.92. The van der Waals surface area contributed by atoms with E-state index in [9.17, 15) is 4.79 Å². The second-order valence-electron chi connectivity index (χ2n) is 5.01. The molecule has 0 aliphatic rings. The number of nitrogens with one attached hydrogen (secondary N) is 2. The first-order chi connectivity index (χ1) is 11.7. The molecule has 0 atom stereocenters. The number of halogens is 1. The summed E-state index contributed by atoms with van der Waals surface area (Å²) in [5.74, 6) is 1.38. The predicted molar refractivity (Wildman–Crippen MR) is 94.3 cm³/mol. The molecule has 0 bridgehead atoms. The summed E-state index contributed by atoms with van der Waals surface area (Å²) < 4.78 is 17.0. The van der Waals surface area contributed by atoms with E-state index < -0.39 is 0 Å². The largest absolute Gasteiger partial charge is 0.486 e. The quantitative estimate of drug-likeness (QED) is 0.603. The Morgan fingerprint density at radius 2 is 1.92 bits per heavy atom. The zero-order valence-corrected chi connectivity index (χ0v) is 15.1. The van der Waals surface area contributed by atoms with Crippen LogP contribution in [0.1, 0.15) is 16.3 Å². The maximum Gasteiger partial charge on any atom is 0.287 e. The molecule has 1 aromatic carbocycles. The highest BCUT2D eigenvalue weighted by molar-refractivity contribution is 9.10. The van der Waals surface area contributed by atoms with Crippen LogP contribution < -0.4 is 15.4 Å². The molecule has 1 amide bonds. The molecule has 2 rings (SSSR count). The molecule has 0 fully saturated rings. The highest BCUT2D eigenvalue weighted by Crippen LogP contribution is 2.18. The summed E-state index contributed by atoms with van der Waals surface area (Å²) in [5.41, 5.74) is 0. The fraction of sp³-hybridized carbons (Fsp3) is 0.353. The Balaban J connectivity index is 1.71. The van der Waals surface area contributed by atoms with Crippen molar-refractivity contribution in [2.75, 3.05) is 33.4 Å². The van der Waals surface area contributed by atoms with Gasteiger partial charge in [-0.25, -0.2) is 0 Å². The van der Waals surface area contributed by atoms with E-state index in [0.29, 0.717) is 25.5 Å². The Morgan fingerprint density at radius 3 is 2.67 bits per heavy atom. The molecule has 0 spiro atoms. The van der Waals surface area contributed by atoms with Crippen LogP contribution in [0, 0.1) is 0 Å². The smallest absolute Gasteiger partial charge is 0.287 e. The van der Waals surface area contributed by atoms with Gasteiger partial charge in [0.25, 0.3) is 5.91 Å². The number of hydrogen-bond donors (Lipinski definition) is 2. The van der Waals surface area contributed by atoms with Gasteiger partial charge in [0.2, 0.25) is 0 Å². The van der Waals surface area contributed by atoms with Gasteiger partial charge in [-0.1, -0.05) is 15.9 Å². The van der Waals surface area contributed by atoms with Crippen molar-refractivity contribution in [2.24, 2.45) is 0 Å². The molecule has 0 radical (unpaired) electrons. The van der Waals surface area contributed by atoms with Gasteiger partial charge in [-0.3, -0.25) is 4.79 Å². The predicted octanol–water partition coefficient (Wildman–Crippen LogP) is 2.59. The lowest BCUT2D eigenvalue weighted by Crippen LogP contribution is -2.32. The molecule has 1 aromatic heterocycles. The maximum atomic E-state index is 12.0. The number of ether oxygens (including phenoxy) is 2. The number of carbonyl (C=O) groups excluding carboxylic acids is 1. The zero-order chi connectivity index (χ0) is 17.2. The molecule has 24 heavy (non-hydrogen) atoms. The number of carbonyl (C=O) groups is 1. The van der Waals surface area contributed by atoms with Crippen molar-refractivity contribution in [3.63, 3.8) is 0 Å². The molecule has 6 nitrogen and oxygen atoms in total. The number of methoxy groups -OCH3 is 1. The number of rotatable bonds is 10. The Labute approximate surface area is 149 Å². The third kappa shape index (κ3) is 6.35.